The normalized spacial score (nSPS) is 16.1. The molecule has 158 valence electrons. The van der Waals surface area contributed by atoms with Gasteiger partial charge in [-0.15, -0.1) is 0 Å². The maximum atomic E-state index is 12.7. The van der Waals surface area contributed by atoms with Gasteiger partial charge in [0.1, 0.15) is 0 Å². The van der Waals surface area contributed by atoms with Gasteiger partial charge in [-0.3, -0.25) is 9.59 Å². The lowest BCUT2D eigenvalue weighted by Crippen LogP contribution is -2.27. The molecule has 1 N–H and O–H groups in total. The standard InChI is InChI=1S/C24H20Cl2N2O2S/c1-13-5-4-6-17(9-13)23-18(11-27)24(28-14(2)22(23)15(3)29)31-12-21(30)16-7-8-19(25)20(26)10-16/h4-10,23,28H,12H2,1-3H3/t23-/m1/s1. The third-order valence-corrected chi connectivity index (χ3v) is 6.75. The highest BCUT2D eigenvalue weighted by molar-refractivity contribution is 8.03. The van der Waals surface area contributed by atoms with E-state index in [1.165, 1.54) is 24.8 Å². The van der Waals surface area contributed by atoms with Crippen LogP contribution in [-0.2, 0) is 4.79 Å². The summed E-state index contributed by atoms with van der Waals surface area (Å²) >= 11 is 13.2. The number of carbonyl (C=O) groups is 2. The Morgan fingerprint density at radius 3 is 2.48 bits per heavy atom. The maximum absolute atomic E-state index is 12.7. The Morgan fingerprint density at radius 1 is 1.13 bits per heavy atom. The van der Waals surface area contributed by atoms with Crippen LogP contribution in [0.25, 0.3) is 0 Å². The number of benzene rings is 2. The number of nitrogens with one attached hydrogen (secondary N) is 1. The zero-order valence-corrected chi connectivity index (χ0v) is 19.6. The Morgan fingerprint density at radius 2 is 1.87 bits per heavy atom. The van der Waals surface area contributed by atoms with Crippen LogP contribution in [0.2, 0.25) is 10.0 Å². The second kappa shape index (κ2) is 9.74. The minimum atomic E-state index is -0.480. The second-order valence-electron chi connectivity index (χ2n) is 7.26. The minimum Gasteiger partial charge on any atom is -0.353 e. The highest BCUT2D eigenvalue weighted by atomic mass is 35.5. The molecule has 7 heteroatoms. The van der Waals surface area contributed by atoms with Gasteiger partial charge in [-0.1, -0.05) is 64.8 Å². The van der Waals surface area contributed by atoms with Crippen molar-refractivity contribution >= 4 is 46.5 Å². The van der Waals surface area contributed by atoms with Crippen LogP contribution < -0.4 is 5.32 Å². The summed E-state index contributed by atoms with van der Waals surface area (Å²) in [7, 11) is 0. The van der Waals surface area contributed by atoms with E-state index in [9.17, 15) is 14.9 Å². The van der Waals surface area contributed by atoms with Crippen molar-refractivity contribution in [2.75, 3.05) is 5.75 Å². The number of aryl methyl sites for hydroxylation is 1. The van der Waals surface area contributed by atoms with E-state index < -0.39 is 5.92 Å². The SMILES string of the molecule is CC(=O)C1=C(C)NC(SCC(=O)c2ccc(Cl)c(Cl)c2)=C(C#N)[C@H]1c1cccc(C)c1. The fraction of sp³-hybridized carbons (Fsp3) is 0.208. The average molecular weight is 471 g/mol. The quantitative estimate of drug-likeness (QED) is 0.508. The van der Waals surface area contributed by atoms with Crippen molar-refractivity contribution in [1.82, 2.24) is 5.32 Å². The molecule has 4 nitrogen and oxygen atoms in total. The molecule has 3 rings (SSSR count). The van der Waals surface area contributed by atoms with Crippen molar-refractivity contribution in [3.8, 4) is 6.07 Å². The van der Waals surface area contributed by atoms with Crippen LogP contribution in [0.3, 0.4) is 0 Å². The molecule has 0 saturated carbocycles. The molecular formula is C24H20Cl2N2O2S. The molecule has 2 aromatic rings. The number of rotatable bonds is 6. The molecule has 1 aliphatic rings. The van der Waals surface area contributed by atoms with Gasteiger partial charge in [0.2, 0.25) is 0 Å². The first-order valence-electron chi connectivity index (χ1n) is 9.53. The number of halogens is 2. The molecular weight excluding hydrogens is 451 g/mol. The molecule has 0 unspecified atom stereocenters. The van der Waals surface area contributed by atoms with Crippen LogP contribution >= 0.6 is 35.0 Å². The third-order valence-electron chi connectivity index (χ3n) is 4.99. The van der Waals surface area contributed by atoms with E-state index in [4.69, 9.17) is 23.2 Å². The van der Waals surface area contributed by atoms with Crippen molar-refractivity contribution in [3.05, 3.63) is 91.1 Å². The summed E-state index contributed by atoms with van der Waals surface area (Å²) in [6.45, 7) is 5.29. The van der Waals surface area contributed by atoms with Gasteiger partial charge in [0, 0.05) is 16.8 Å². The van der Waals surface area contributed by atoms with E-state index in [2.05, 4.69) is 11.4 Å². The molecule has 0 saturated heterocycles. The average Bonchev–Trinajstić information content (AvgIpc) is 2.73. The Labute approximate surface area is 195 Å². The summed E-state index contributed by atoms with van der Waals surface area (Å²) in [6, 6.07) is 14.8. The van der Waals surface area contributed by atoms with Crippen molar-refractivity contribution in [3.63, 3.8) is 0 Å². The summed E-state index contributed by atoms with van der Waals surface area (Å²) in [5, 5.41) is 14.4. The van der Waals surface area contributed by atoms with Gasteiger partial charge in [0.25, 0.3) is 0 Å². The first-order valence-corrected chi connectivity index (χ1v) is 11.3. The molecule has 0 fully saturated rings. The number of ketones is 2. The smallest absolute Gasteiger partial charge is 0.173 e. The second-order valence-corrected chi connectivity index (χ2v) is 9.06. The summed E-state index contributed by atoms with van der Waals surface area (Å²) in [4.78, 5) is 25.1. The molecule has 31 heavy (non-hydrogen) atoms. The first kappa shape index (κ1) is 23.1. The monoisotopic (exact) mass is 470 g/mol. The lowest BCUT2D eigenvalue weighted by molar-refractivity contribution is -0.113. The number of nitriles is 1. The molecule has 0 spiro atoms. The van der Waals surface area contributed by atoms with Crippen LogP contribution in [0.4, 0.5) is 0 Å². The van der Waals surface area contributed by atoms with Crippen molar-refractivity contribution in [1.29, 1.82) is 5.26 Å². The van der Waals surface area contributed by atoms with Gasteiger partial charge in [-0.25, -0.2) is 0 Å². The molecule has 0 bridgehead atoms. The van der Waals surface area contributed by atoms with Gasteiger partial charge >= 0.3 is 0 Å². The van der Waals surface area contributed by atoms with Gasteiger partial charge in [0.15, 0.2) is 11.6 Å². The zero-order chi connectivity index (χ0) is 22.7. The number of Topliss-reactive ketones (excluding diaryl/α,β-unsaturated/α-hetero) is 2. The Hall–Kier alpha value is -2.52. The Kier molecular flexibility index (Phi) is 7.27. The predicted octanol–water partition coefficient (Wildman–Crippen LogP) is 6.20. The van der Waals surface area contributed by atoms with Crippen molar-refractivity contribution in [2.45, 2.75) is 26.7 Å². The summed E-state index contributed by atoms with van der Waals surface area (Å²) in [5.41, 5.74) is 4.02. The number of hydrogen-bond donors (Lipinski definition) is 1. The number of dihydropyridines is 1. The van der Waals surface area contributed by atoms with Crippen LogP contribution in [0.15, 0.2) is 64.3 Å². The lowest BCUT2D eigenvalue weighted by Gasteiger charge is -2.29. The molecule has 0 amide bonds. The van der Waals surface area contributed by atoms with E-state index in [0.29, 0.717) is 37.5 Å². The molecule has 1 aliphatic heterocycles. The van der Waals surface area contributed by atoms with Gasteiger partial charge in [-0.05, 0) is 44.5 Å². The zero-order valence-electron chi connectivity index (χ0n) is 17.3. The van der Waals surface area contributed by atoms with Crippen LogP contribution in [-0.4, -0.2) is 17.3 Å². The van der Waals surface area contributed by atoms with Gasteiger partial charge in [-0.2, -0.15) is 5.26 Å². The van der Waals surface area contributed by atoms with Crippen molar-refractivity contribution < 1.29 is 9.59 Å². The summed E-state index contributed by atoms with van der Waals surface area (Å²) < 4.78 is 0. The third kappa shape index (κ3) is 5.04. The number of carbonyl (C=O) groups excluding carboxylic acids is 2. The van der Waals surface area contributed by atoms with Gasteiger partial charge < -0.3 is 5.32 Å². The summed E-state index contributed by atoms with van der Waals surface area (Å²) in [6.07, 6.45) is 0. The largest absolute Gasteiger partial charge is 0.353 e. The molecule has 1 heterocycles. The van der Waals surface area contributed by atoms with Crippen molar-refractivity contribution in [2.24, 2.45) is 0 Å². The van der Waals surface area contributed by atoms with E-state index >= 15 is 0 Å². The van der Waals surface area contributed by atoms with Crippen LogP contribution in [0, 0.1) is 18.3 Å². The molecule has 0 aromatic heterocycles. The van der Waals surface area contributed by atoms with E-state index in [0.717, 1.165) is 11.1 Å². The molecule has 2 aromatic carbocycles. The first-order chi connectivity index (χ1) is 14.7. The highest BCUT2D eigenvalue weighted by Crippen LogP contribution is 2.41. The highest BCUT2D eigenvalue weighted by Gasteiger charge is 2.33. The molecule has 1 atom stereocenters. The van der Waals surface area contributed by atoms with E-state index in [1.807, 2.05) is 38.1 Å². The van der Waals surface area contributed by atoms with E-state index in [-0.39, 0.29) is 17.3 Å². The number of allylic oxidation sites excluding steroid dienone is 3. The topological polar surface area (TPSA) is 70.0 Å². The Balaban J connectivity index is 1.95. The van der Waals surface area contributed by atoms with Crippen LogP contribution in [0.1, 0.15) is 41.3 Å². The van der Waals surface area contributed by atoms with E-state index in [1.54, 1.807) is 12.1 Å². The molecule has 0 radical (unpaired) electrons. The van der Waals surface area contributed by atoms with Gasteiger partial charge in [0.05, 0.1) is 38.4 Å². The lowest BCUT2D eigenvalue weighted by atomic mass is 9.80. The van der Waals surface area contributed by atoms with Crippen LogP contribution in [0.5, 0.6) is 0 Å². The predicted molar refractivity (Wildman–Crippen MR) is 126 cm³/mol. The number of nitrogens with zero attached hydrogens (tertiary/aromatic N) is 1. The number of hydrogen-bond acceptors (Lipinski definition) is 5. The minimum absolute atomic E-state index is 0.0970. The summed E-state index contributed by atoms with van der Waals surface area (Å²) in [5.74, 6) is -0.609. The number of thioether (sulfide) groups is 1. The Bertz CT molecular complexity index is 1180. The fourth-order valence-corrected chi connectivity index (χ4v) is 4.85. The molecule has 0 aliphatic carbocycles. The maximum Gasteiger partial charge on any atom is 0.173 e. The fourth-order valence-electron chi connectivity index (χ4n) is 3.57.